The van der Waals surface area contributed by atoms with Crippen molar-refractivity contribution >= 4 is 21.7 Å². The molecule has 0 aliphatic carbocycles. The summed E-state index contributed by atoms with van der Waals surface area (Å²) in [6.07, 6.45) is -5.40. The quantitative estimate of drug-likeness (QED) is 0.819. The fraction of sp³-hybridized carbons (Fsp3) is 0.500. The Kier molecular flexibility index (Phi) is 3.52. The molecule has 4 nitrogen and oxygen atoms in total. The molecule has 2 atom stereocenters. The molecule has 1 aromatic heterocycles. The second kappa shape index (κ2) is 4.67. The Morgan fingerprint density at radius 3 is 2.33 bits per heavy atom. The summed E-state index contributed by atoms with van der Waals surface area (Å²) < 4.78 is 38.8. The first kappa shape index (κ1) is 13.6. The number of anilines is 1. The highest BCUT2D eigenvalue weighted by Crippen LogP contribution is 2.37. The minimum atomic E-state index is -4.54. The zero-order valence-corrected chi connectivity index (χ0v) is 10.6. The molecule has 2 heterocycles. The predicted octanol–water partition coefficient (Wildman–Crippen LogP) is 1.40. The molecule has 1 saturated heterocycles. The van der Waals surface area contributed by atoms with Crippen LogP contribution in [-0.2, 0) is 6.18 Å². The number of hydrogen-bond acceptors (Lipinski definition) is 4. The van der Waals surface area contributed by atoms with E-state index in [2.05, 4.69) is 20.9 Å². The lowest BCUT2D eigenvalue weighted by Gasteiger charge is -2.21. The van der Waals surface area contributed by atoms with Crippen molar-refractivity contribution in [2.24, 2.45) is 0 Å². The highest BCUT2D eigenvalue weighted by Gasteiger charge is 2.39. The molecule has 2 N–H and O–H groups in total. The van der Waals surface area contributed by atoms with Crippen molar-refractivity contribution in [3.8, 4) is 0 Å². The topological polar surface area (TPSA) is 56.6 Å². The molecule has 1 aliphatic rings. The summed E-state index contributed by atoms with van der Waals surface area (Å²) in [4.78, 5) is 4.96. The fourth-order valence-electron chi connectivity index (χ4n) is 1.84. The van der Waals surface area contributed by atoms with Crippen LogP contribution in [-0.4, -0.2) is 40.5 Å². The Hall–Kier alpha value is -0.860. The third-order valence-corrected chi connectivity index (χ3v) is 3.13. The van der Waals surface area contributed by atoms with E-state index in [0.717, 1.165) is 6.07 Å². The number of aromatic nitrogens is 1. The first-order chi connectivity index (χ1) is 8.29. The summed E-state index contributed by atoms with van der Waals surface area (Å²) in [6.45, 7) is -0.141. The Morgan fingerprint density at radius 2 is 1.83 bits per heavy atom. The Morgan fingerprint density at radius 1 is 1.28 bits per heavy atom. The van der Waals surface area contributed by atoms with Crippen molar-refractivity contribution in [1.82, 2.24) is 4.98 Å². The molecule has 0 radical (unpaired) electrons. The van der Waals surface area contributed by atoms with Crippen LogP contribution in [0.4, 0.5) is 19.0 Å². The second-order valence-corrected chi connectivity index (χ2v) is 4.98. The molecular weight excluding hydrogens is 317 g/mol. The van der Waals surface area contributed by atoms with Gasteiger partial charge in [-0.2, -0.15) is 13.2 Å². The first-order valence-corrected chi connectivity index (χ1v) is 5.92. The first-order valence-electron chi connectivity index (χ1n) is 5.13. The number of aliphatic hydroxyl groups is 2. The maximum atomic E-state index is 12.9. The van der Waals surface area contributed by atoms with Gasteiger partial charge < -0.3 is 15.1 Å². The maximum Gasteiger partial charge on any atom is 0.419 e. The zero-order chi connectivity index (χ0) is 13.5. The smallest absolute Gasteiger partial charge is 0.389 e. The summed E-state index contributed by atoms with van der Waals surface area (Å²) in [6, 6.07) is 0.930. The number of alkyl halides is 3. The van der Waals surface area contributed by atoms with Gasteiger partial charge in [-0.05, 0) is 22.0 Å². The van der Waals surface area contributed by atoms with Crippen molar-refractivity contribution < 1.29 is 23.4 Å². The summed E-state index contributed by atoms with van der Waals surface area (Å²) in [5.41, 5.74) is -0.891. The Balaban J connectivity index is 2.39. The number of aliphatic hydroxyl groups excluding tert-OH is 2. The standard InChI is InChI=1S/C10H10BrF3N2O2/c11-5-1-6(10(12,13)14)9(15-2-5)16-3-7(17)8(18)4-16/h1-2,7-8,17-18H,3-4H2. The van der Waals surface area contributed by atoms with Gasteiger partial charge >= 0.3 is 6.18 Å². The summed E-state index contributed by atoms with van der Waals surface area (Å²) >= 11 is 2.94. The molecule has 0 bridgehead atoms. The van der Waals surface area contributed by atoms with E-state index in [-0.39, 0.29) is 23.4 Å². The molecule has 0 saturated carbocycles. The molecule has 2 unspecified atom stereocenters. The molecule has 18 heavy (non-hydrogen) atoms. The molecule has 0 spiro atoms. The van der Waals surface area contributed by atoms with Crippen LogP contribution in [0.5, 0.6) is 0 Å². The highest BCUT2D eigenvalue weighted by atomic mass is 79.9. The predicted molar refractivity (Wildman–Crippen MR) is 61.2 cm³/mol. The number of nitrogens with zero attached hydrogens (tertiary/aromatic N) is 2. The van der Waals surface area contributed by atoms with Crippen molar-refractivity contribution in [3.63, 3.8) is 0 Å². The van der Waals surface area contributed by atoms with E-state index in [1.54, 1.807) is 0 Å². The Bertz CT molecular complexity index is 445. The molecule has 2 rings (SSSR count). The molecule has 8 heteroatoms. The van der Waals surface area contributed by atoms with Crippen LogP contribution >= 0.6 is 15.9 Å². The zero-order valence-electron chi connectivity index (χ0n) is 9.02. The van der Waals surface area contributed by atoms with Gasteiger partial charge in [0.25, 0.3) is 0 Å². The van der Waals surface area contributed by atoms with Gasteiger partial charge in [-0.15, -0.1) is 0 Å². The third kappa shape index (κ3) is 2.60. The summed E-state index contributed by atoms with van der Waals surface area (Å²) in [5, 5.41) is 18.7. The van der Waals surface area contributed by atoms with Gasteiger partial charge in [-0.25, -0.2) is 4.98 Å². The minimum Gasteiger partial charge on any atom is -0.389 e. The minimum absolute atomic E-state index is 0.0706. The van der Waals surface area contributed by atoms with Crippen molar-refractivity contribution in [2.75, 3.05) is 18.0 Å². The average molecular weight is 327 g/mol. The molecule has 100 valence electrons. The number of pyridine rings is 1. The average Bonchev–Trinajstić information content (AvgIpc) is 2.57. The van der Waals surface area contributed by atoms with Gasteiger partial charge in [0.1, 0.15) is 5.82 Å². The van der Waals surface area contributed by atoms with Crippen LogP contribution in [0.1, 0.15) is 5.56 Å². The summed E-state index contributed by atoms with van der Waals surface area (Å²) in [5.74, 6) is -0.277. The van der Waals surface area contributed by atoms with E-state index >= 15 is 0 Å². The maximum absolute atomic E-state index is 12.9. The fourth-order valence-corrected chi connectivity index (χ4v) is 2.17. The molecule has 0 amide bonds. The molecule has 0 aromatic carbocycles. The van der Waals surface area contributed by atoms with Crippen molar-refractivity contribution in [3.05, 3.63) is 22.3 Å². The van der Waals surface area contributed by atoms with E-state index in [1.165, 1.54) is 11.1 Å². The van der Waals surface area contributed by atoms with Crippen molar-refractivity contribution in [2.45, 2.75) is 18.4 Å². The van der Waals surface area contributed by atoms with Gasteiger partial charge in [0, 0.05) is 23.8 Å². The largest absolute Gasteiger partial charge is 0.419 e. The lowest BCUT2D eigenvalue weighted by Crippen LogP contribution is -2.25. The van der Waals surface area contributed by atoms with Gasteiger partial charge in [-0.1, -0.05) is 0 Å². The lowest BCUT2D eigenvalue weighted by molar-refractivity contribution is -0.137. The van der Waals surface area contributed by atoms with Gasteiger partial charge in [-0.3, -0.25) is 0 Å². The molecular formula is C10H10BrF3N2O2. The van der Waals surface area contributed by atoms with Crippen LogP contribution in [0.2, 0.25) is 0 Å². The molecule has 1 fully saturated rings. The SMILES string of the molecule is OC1CN(c2ncc(Br)cc2C(F)(F)F)CC1O. The van der Waals surface area contributed by atoms with Gasteiger partial charge in [0.2, 0.25) is 0 Å². The van der Waals surface area contributed by atoms with Gasteiger partial charge in [0.15, 0.2) is 0 Å². The molecule has 1 aromatic rings. The third-order valence-electron chi connectivity index (χ3n) is 2.70. The van der Waals surface area contributed by atoms with Crippen LogP contribution in [0, 0.1) is 0 Å². The van der Waals surface area contributed by atoms with E-state index in [9.17, 15) is 23.4 Å². The number of halogens is 4. The van der Waals surface area contributed by atoms with Crippen LogP contribution in [0.15, 0.2) is 16.7 Å². The van der Waals surface area contributed by atoms with Gasteiger partial charge in [0.05, 0.1) is 17.8 Å². The monoisotopic (exact) mass is 326 g/mol. The van der Waals surface area contributed by atoms with Crippen LogP contribution < -0.4 is 4.90 Å². The lowest BCUT2D eigenvalue weighted by atomic mass is 10.2. The van der Waals surface area contributed by atoms with E-state index in [0.29, 0.717) is 0 Å². The van der Waals surface area contributed by atoms with E-state index in [1.807, 2.05) is 0 Å². The number of β-amino-alcohol motifs (C(OH)–C–C–N with tert-alkyl or cyclic N) is 2. The normalized spacial score (nSPS) is 24.7. The van der Waals surface area contributed by atoms with Crippen LogP contribution in [0.25, 0.3) is 0 Å². The van der Waals surface area contributed by atoms with Crippen molar-refractivity contribution in [1.29, 1.82) is 0 Å². The number of hydrogen-bond donors (Lipinski definition) is 2. The van der Waals surface area contributed by atoms with Crippen LogP contribution in [0.3, 0.4) is 0 Å². The second-order valence-electron chi connectivity index (χ2n) is 4.06. The molecule has 1 aliphatic heterocycles. The van der Waals surface area contributed by atoms with E-state index in [4.69, 9.17) is 0 Å². The Labute approximate surface area is 109 Å². The summed E-state index contributed by atoms with van der Waals surface area (Å²) in [7, 11) is 0. The highest BCUT2D eigenvalue weighted by molar-refractivity contribution is 9.10. The number of rotatable bonds is 1. The van der Waals surface area contributed by atoms with E-state index < -0.39 is 23.9 Å².